The van der Waals surface area contributed by atoms with Crippen LogP contribution in [0, 0.1) is 0 Å². The van der Waals surface area contributed by atoms with Crippen LogP contribution in [0.25, 0.3) is 0 Å². The van der Waals surface area contributed by atoms with Crippen LogP contribution in [0.3, 0.4) is 0 Å². The highest BCUT2D eigenvalue weighted by Gasteiger charge is 2.08. The molecular weight excluding hydrogens is 368 g/mol. The smallest absolute Gasteiger partial charge is 0.315 e. The number of hydrogen-bond acceptors (Lipinski definition) is 5. The fraction of sp³-hybridized carbons (Fsp3) is 0.0952. The van der Waals surface area contributed by atoms with Gasteiger partial charge in [0.25, 0.3) is 5.91 Å². The molecule has 0 radical (unpaired) electrons. The first-order valence-electron chi connectivity index (χ1n) is 8.98. The number of carbonyl (C=O) groups is 2. The van der Waals surface area contributed by atoms with Crippen molar-refractivity contribution < 1.29 is 9.59 Å². The Morgan fingerprint density at radius 1 is 0.828 bits per heavy atom. The van der Waals surface area contributed by atoms with Gasteiger partial charge in [0.05, 0.1) is 5.69 Å². The molecule has 3 aromatic rings. The molecule has 1 aromatic heterocycles. The van der Waals surface area contributed by atoms with Gasteiger partial charge >= 0.3 is 6.03 Å². The molecule has 7 N–H and O–H groups in total. The largest absolute Gasteiger partial charge is 0.399 e. The van der Waals surface area contributed by atoms with E-state index in [0.717, 1.165) is 11.1 Å². The second kappa shape index (κ2) is 9.23. The Hall–Kier alpha value is -4.07. The standard InChI is InChI=1S/C21H22N6O2/c22-17-9-5-15(6-10-17)13-26-21(29)25-12-14-3-7-16(8-4-14)20(28)27-18-2-1-11-24-19(18)23/h1-11H,12-13,22H2,(H2,23,24)(H,27,28)(H2,25,26,29). The van der Waals surface area contributed by atoms with Gasteiger partial charge in [-0.2, -0.15) is 0 Å². The Balaban J connectivity index is 1.47. The predicted molar refractivity (Wildman–Crippen MR) is 113 cm³/mol. The summed E-state index contributed by atoms with van der Waals surface area (Å²) in [5, 5.41) is 8.27. The van der Waals surface area contributed by atoms with E-state index in [1.807, 2.05) is 12.1 Å². The van der Waals surface area contributed by atoms with Gasteiger partial charge < -0.3 is 27.4 Å². The summed E-state index contributed by atoms with van der Waals surface area (Å²) in [6, 6.07) is 17.3. The van der Waals surface area contributed by atoms with Gasteiger partial charge in [0.2, 0.25) is 0 Å². The first-order valence-corrected chi connectivity index (χ1v) is 8.98. The van der Waals surface area contributed by atoms with Gasteiger partial charge in [0.15, 0.2) is 0 Å². The summed E-state index contributed by atoms with van der Waals surface area (Å²) in [5.74, 6) is -0.0305. The summed E-state index contributed by atoms with van der Waals surface area (Å²) < 4.78 is 0. The fourth-order valence-electron chi connectivity index (χ4n) is 2.55. The lowest BCUT2D eigenvalue weighted by Gasteiger charge is -2.09. The van der Waals surface area contributed by atoms with Crippen molar-refractivity contribution in [3.8, 4) is 0 Å². The fourth-order valence-corrected chi connectivity index (χ4v) is 2.55. The van der Waals surface area contributed by atoms with Crippen molar-refractivity contribution in [3.05, 3.63) is 83.6 Å². The molecule has 148 valence electrons. The van der Waals surface area contributed by atoms with Crippen LogP contribution in [0.5, 0.6) is 0 Å². The molecule has 29 heavy (non-hydrogen) atoms. The lowest BCUT2D eigenvalue weighted by Crippen LogP contribution is -2.34. The molecular formula is C21H22N6O2. The van der Waals surface area contributed by atoms with E-state index in [9.17, 15) is 9.59 Å². The van der Waals surface area contributed by atoms with Crippen molar-refractivity contribution in [2.24, 2.45) is 0 Å². The van der Waals surface area contributed by atoms with Gasteiger partial charge in [-0.25, -0.2) is 9.78 Å². The van der Waals surface area contributed by atoms with E-state index in [4.69, 9.17) is 11.5 Å². The average Bonchev–Trinajstić information content (AvgIpc) is 2.74. The van der Waals surface area contributed by atoms with Crippen LogP contribution in [0.1, 0.15) is 21.5 Å². The molecule has 3 rings (SSSR count). The first-order chi connectivity index (χ1) is 14.0. The maximum Gasteiger partial charge on any atom is 0.315 e. The first kappa shape index (κ1) is 19.7. The van der Waals surface area contributed by atoms with Gasteiger partial charge in [0, 0.05) is 30.5 Å². The molecule has 0 atom stereocenters. The number of amides is 3. The van der Waals surface area contributed by atoms with E-state index in [0.29, 0.717) is 30.0 Å². The molecule has 0 bridgehead atoms. The average molecular weight is 390 g/mol. The second-order valence-corrected chi connectivity index (χ2v) is 6.37. The van der Waals surface area contributed by atoms with Crippen LogP contribution in [-0.2, 0) is 13.1 Å². The number of nitrogens with zero attached hydrogens (tertiary/aromatic N) is 1. The Morgan fingerprint density at radius 2 is 1.41 bits per heavy atom. The highest BCUT2D eigenvalue weighted by Crippen LogP contribution is 2.15. The molecule has 2 aromatic carbocycles. The Bertz CT molecular complexity index is 987. The van der Waals surface area contributed by atoms with Crippen LogP contribution in [0.4, 0.5) is 22.0 Å². The molecule has 8 nitrogen and oxygen atoms in total. The minimum Gasteiger partial charge on any atom is -0.399 e. The van der Waals surface area contributed by atoms with Crippen molar-refractivity contribution in [2.45, 2.75) is 13.1 Å². The van der Waals surface area contributed by atoms with E-state index in [2.05, 4.69) is 20.9 Å². The van der Waals surface area contributed by atoms with Gasteiger partial charge in [-0.05, 0) is 47.5 Å². The van der Waals surface area contributed by atoms with Crippen molar-refractivity contribution in [1.29, 1.82) is 0 Å². The quantitative estimate of drug-likeness (QED) is 0.412. The summed E-state index contributed by atoms with van der Waals surface area (Å²) in [6.07, 6.45) is 1.55. The normalized spacial score (nSPS) is 10.2. The van der Waals surface area contributed by atoms with E-state index in [1.165, 1.54) is 0 Å². The Kier molecular flexibility index (Phi) is 6.26. The topological polar surface area (TPSA) is 135 Å². The molecule has 0 fully saturated rings. The molecule has 0 aliphatic carbocycles. The molecule has 0 unspecified atom stereocenters. The van der Waals surface area contributed by atoms with Gasteiger partial charge in [-0.1, -0.05) is 24.3 Å². The lowest BCUT2D eigenvalue weighted by molar-refractivity contribution is 0.102. The summed E-state index contributed by atoms with van der Waals surface area (Å²) >= 11 is 0. The third kappa shape index (κ3) is 5.70. The van der Waals surface area contributed by atoms with Gasteiger partial charge in [-0.3, -0.25) is 4.79 Å². The van der Waals surface area contributed by atoms with E-state index >= 15 is 0 Å². The molecule has 3 amide bonds. The van der Waals surface area contributed by atoms with Crippen molar-refractivity contribution in [1.82, 2.24) is 15.6 Å². The van der Waals surface area contributed by atoms with Crippen LogP contribution in [0.15, 0.2) is 66.9 Å². The van der Waals surface area contributed by atoms with Crippen molar-refractivity contribution >= 4 is 29.1 Å². The van der Waals surface area contributed by atoms with Crippen LogP contribution in [-0.4, -0.2) is 16.9 Å². The number of carbonyl (C=O) groups excluding carboxylic acids is 2. The van der Waals surface area contributed by atoms with Crippen LogP contribution in [0.2, 0.25) is 0 Å². The van der Waals surface area contributed by atoms with Gasteiger partial charge in [-0.15, -0.1) is 0 Å². The van der Waals surface area contributed by atoms with Crippen LogP contribution < -0.4 is 27.4 Å². The number of aromatic nitrogens is 1. The number of pyridine rings is 1. The summed E-state index contributed by atoms with van der Waals surface area (Å²) in [5.41, 5.74) is 14.8. The number of nitrogen functional groups attached to an aromatic ring is 2. The maximum atomic E-state index is 12.3. The number of anilines is 3. The zero-order chi connectivity index (χ0) is 20.6. The number of benzene rings is 2. The van der Waals surface area contributed by atoms with E-state index < -0.39 is 0 Å². The Labute approximate surface area is 168 Å². The highest BCUT2D eigenvalue weighted by molar-refractivity contribution is 6.05. The summed E-state index contributed by atoms with van der Waals surface area (Å²) in [6.45, 7) is 0.744. The van der Waals surface area contributed by atoms with E-state index in [-0.39, 0.29) is 17.8 Å². The highest BCUT2D eigenvalue weighted by atomic mass is 16.2. The number of rotatable bonds is 6. The van der Waals surface area contributed by atoms with Crippen LogP contribution >= 0.6 is 0 Å². The molecule has 8 heteroatoms. The third-order valence-corrected chi connectivity index (χ3v) is 4.19. The number of hydrogen-bond donors (Lipinski definition) is 5. The Morgan fingerprint density at radius 3 is 2.00 bits per heavy atom. The number of urea groups is 1. The molecule has 0 spiro atoms. The van der Waals surface area contributed by atoms with E-state index in [1.54, 1.807) is 54.7 Å². The zero-order valence-electron chi connectivity index (χ0n) is 15.7. The second-order valence-electron chi connectivity index (χ2n) is 6.37. The monoisotopic (exact) mass is 390 g/mol. The minimum atomic E-state index is -0.287. The summed E-state index contributed by atoms with van der Waals surface area (Å²) in [7, 11) is 0. The van der Waals surface area contributed by atoms with Crippen molar-refractivity contribution in [2.75, 3.05) is 16.8 Å². The maximum absolute atomic E-state index is 12.3. The third-order valence-electron chi connectivity index (χ3n) is 4.19. The molecule has 1 heterocycles. The molecule has 0 aliphatic rings. The van der Waals surface area contributed by atoms with Crippen molar-refractivity contribution in [3.63, 3.8) is 0 Å². The molecule has 0 saturated carbocycles. The summed E-state index contributed by atoms with van der Waals surface area (Å²) in [4.78, 5) is 28.2. The number of nitrogens with two attached hydrogens (primary N) is 2. The lowest BCUT2D eigenvalue weighted by atomic mass is 10.1. The molecule has 0 aliphatic heterocycles. The number of nitrogens with one attached hydrogen (secondary N) is 3. The predicted octanol–water partition coefficient (Wildman–Crippen LogP) is 2.50. The SMILES string of the molecule is Nc1ccc(CNC(=O)NCc2ccc(C(=O)Nc3cccnc3N)cc2)cc1. The molecule has 0 saturated heterocycles. The minimum absolute atomic E-state index is 0.256. The zero-order valence-corrected chi connectivity index (χ0v) is 15.7. The van der Waals surface area contributed by atoms with Gasteiger partial charge in [0.1, 0.15) is 5.82 Å².